The van der Waals surface area contributed by atoms with Crippen LogP contribution in [0.15, 0.2) is 0 Å². The predicted molar refractivity (Wildman–Crippen MR) is 58.8 cm³/mol. The monoisotopic (exact) mass is 235 g/mol. The summed E-state index contributed by atoms with van der Waals surface area (Å²) in [5, 5.41) is 20.3. The topological polar surface area (TPSA) is 86.6 Å². The summed E-state index contributed by atoms with van der Waals surface area (Å²) < 4.78 is 0. The minimum Gasteiger partial charge on any atom is -0.479 e. The largest absolute Gasteiger partial charge is 0.479 e. The van der Waals surface area contributed by atoms with Gasteiger partial charge in [0.25, 0.3) is 0 Å². The molecular weight excluding hydrogens is 218 g/mol. The van der Waals surface area contributed by atoms with E-state index < -0.39 is 11.6 Å². The molecule has 0 spiro atoms. The Balaban J connectivity index is 4.05. The molecule has 5 nitrogen and oxygen atoms in total. The van der Waals surface area contributed by atoms with E-state index in [2.05, 4.69) is 5.32 Å². The molecule has 0 saturated heterocycles. The molecule has 0 aromatic rings. The Hall–Kier alpha value is -0.750. The summed E-state index contributed by atoms with van der Waals surface area (Å²) in [4.78, 5) is 21.9. The highest BCUT2D eigenvalue weighted by Crippen LogP contribution is 2.06. The van der Waals surface area contributed by atoms with E-state index in [1.54, 1.807) is 6.92 Å². The van der Waals surface area contributed by atoms with Gasteiger partial charge in [0.1, 0.15) is 0 Å². The average molecular weight is 235 g/mol. The van der Waals surface area contributed by atoms with Gasteiger partial charge in [0, 0.05) is 11.7 Å². The molecule has 6 heteroatoms. The van der Waals surface area contributed by atoms with Gasteiger partial charge in [0.15, 0.2) is 5.60 Å². The second-order valence-electron chi connectivity index (χ2n) is 3.65. The average Bonchev–Trinajstić information content (AvgIpc) is 2.14. The number of carbonyl (C=O) groups is 2. The van der Waals surface area contributed by atoms with E-state index in [1.165, 1.54) is 11.8 Å². The van der Waals surface area contributed by atoms with Crippen LogP contribution in [0.25, 0.3) is 0 Å². The summed E-state index contributed by atoms with van der Waals surface area (Å²) in [6.45, 7) is 2.62. The van der Waals surface area contributed by atoms with E-state index in [9.17, 15) is 14.7 Å². The number of rotatable bonds is 6. The molecule has 0 fully saturated rings. The molecule has 3 N–H and O–H groups in total. The quantitative estimate of drug-likeness (QED) is 0.600. The highest BCUT2D eigenvalue weighted by Gasteiger charge is 2.30. The fourth-order valence-corrected chi connectivity index (χ4v) is 1.49. The molecule has 0 aromatic carbocycles. The number of thioether (sulfide) groups is 1. The maximum absolute atomic E-state index is 11.4. The van der Waals surface area contributed by atoms with Crippen LogP contribution in [0.2, 0.25) is 0 Å². The first-order chi connectivity index (χ1) is 6.81. The second kappa shape index (κ2) is 5.97. The summed E-state index contributed by atoms with van der Waals surface area (Å²) in [5.74, 6) is -1.11. The van der Waals surface area contributed by atoms with Crippen LogP contribution in [0.5, 0.6) is 0 Å². The zero-order chi connectivity index (χ0) is 12.1. The zero-order valence-corrected chi connectivity index (χ0v) is 9.93. The van der Waals surface area contributed by atoms with Gasteiger partial charge in [0.05, 0.1) is 6.54 Å². The maximum atomic E-state index is 11.4. The van der Waals surface area contributed by atoms with Crippen LogP contribution in [0.1, 0.15) is 13.8 Å². The van der Waals surface area contributed by atoms with Gasteiger partial charge < -0.3 is 15.5 Å². The van der Waals surface area contributed by atoms with Crippen molar-refractivity contribution in [3.63, 3.8) is 0 Å². The summed E-state index contributed by atoms with van der Waals surface area (Å²) in [6, 6.07) is 0. The van der Waals surface area contributed by atoms with E-state index >= 15 is 0 Å². The number of aliphatic carboxylic acids is 1. The molecule has 0 rings (SSSR count). The Morgan fingerprint density at radius 3 is 2.47 bits per heavy atom. The minimum absolute atomic E-state index is 0.190. The number of carbonyl (C=O) groups excluding carboxylic acids is 1. The standard InChI is InChI=1S/C9H17NO4S/c1-6(4-15-3)7(11)10-5-9(2,14)8(12)13/h6,14H,4-5H2,1-3H3,(H,10,11)(H,12,13). The molecule has 0 aliphatic heterocycles. The lowest BCUT2D eigenvalue weighted by molar-refractivity contribution is -0.156. The first kappa shape index (κ1) is 14.2. The van der Waals surface area contributed by atoms with Gasteiger partial charge in [-0.3, -0.25) is 4.79 Å². The number of carboxylic acid groups (broad SMARTS) is 1. The fourth-order valence-electron chi connectivity index (χ4n) is 0.835. The SMILES string of the molecule is CSCC(C)C(=O)NCC(C)(O)C(=O)O. The molecule has 88 valence electrons. The van der Waals surface area contributed by atoms with Crippen LogP contribution in [0, 0.1) is 5.92 Å². The number of amides is 1. The van der Waals surface area contributed by atoms with Gasteiger partial charge in [-0.15, -0.1) is 0 Å². The van der Waals surface area contributed by atoms with Gasteiger partial charge in [-0.25, -0.2) is 4.79 Å². The summed E-state index contributed by atoms with van der Waals surface area (Å²) >= 11 is 1.54. The van der Waals surface area contributed by atoms with Crippen LogP contribution in [0.4, 0.5) is 0 Å². The smallest absolute Gasteiger partial charge is 0.337 e. The number of carboxylic acids is 1. The first-order valence-electron chi connectivity index (χ1n) is 4.53. The normalized spacial score (nSPS) is 16.5. The van der Waals surface area contributed by atoms with E-state index in [-0.39, 0.29) is 18.4 Å². The number of aliphatic hydroxyl groups is 1. The Kier molecular flexibility index (Phi) is 5.67. The molecule has 0 aromatic heterocycles. The lowest BCUT2D eigenvalue weighted by Crippen LogP contribution is -2.47. The van der Waals surface area contributed by atoms with Crippen LogP contribution < -0.4 is 5.32 Å². The molecule has 2 unspecified atom stereocenters. The molecule has 2 atom stereocenters. The Labute approximate surface area is 93.2 Å². The minimum atomic E-state index is -1.91. The Morgan fingerprint density at radius 1 is 1.53 bits per heavy atom. The lowest BCUT2D eigenvalue weighted by Gasteiger charge is -2.19. The molecule has 0 aliphatic rings. The van der Waals surface area contributed by atoms with Gasteiger partial charge in [-0.1, -0.05) is 6.92 Å². The zero-order valence-electron chi connectivity index (χ0n) is 9.11. The number of nitrogens with one attached hydrogen (secondary N) is 1. The van der Waals surface area contributed by atoms with Crippen molar-refractivity contribution < 1.29 is 19.8 Å². The van der Waals surface area contributed by atoms with Crippen molar-refractivity contribution in [1.29, 1.82) is 0 Å². The van der Waals surface area contributed by atoms with E-state index in [0.717, 1.165) is 6.92 Å². The number of hydrogen-bond donors (Lipinski definition) is 3. The van der Waals surface area contributed by atoms with Crippen LogP contribution in [-0.2, 0) is 9.59 Å². The molecule has 0 radical (unpaired) electrons. The molecule has 0 saturated carbocycles. The van der Waals surface area contributed by atoms with E-state index in [1.807, 2.05) is 6.26 Å². The Morgan fingerprint density at radius 2 is 2.07 bits per heavy atom. The van der Waals surface area contributed by atoms with Crippen molar-refractivity contribution >= 4 is 23.6 Å². The number of hydrogen-bond acceptors (Lipinski definition) is 4. The molecular formula is C9H17NO4S. The molecule has 0 bridgehead atoms. The van der Waals surface area contributed by atoms with Crippen LogP contribution in [-0.4, -0.2) is 46.2 Å². The van der Waals surface area contributed by atoms with Crippen molar-refractivity contribution in [2.45, 2.75) is 19.4 Å². The van der Waals surface area contributed by atoms with Gasteiger partial charge >= 0.3 is 5.97 Å². The summed E-state index contributed by atoms with van der Waals surface area (Å²) in [7, 11) is 0. The van der Waals surface area contributed by atoms with Crippen LogP contribution >= 0.6 is 11.8 Å². The second-order valence-corrected chi connectivity index (χ2v) is 4.56. The van der Waals surface area contributed by atoms with Crippen molar-refractivity contribution in [1.82, 2.24) is 5.32 Å². The Bertz CT molecular complexity index is 242. The summed E-state index contributed by atoms with van der Waals surface area (Å²) in [6.07, 6.45) is 1.89. The third kappa shape index (κ3) is 5.03. The highest BCUT2D eigenvalue weighted by molar-refractivity contribution is 7.98. The molecule has 0 aliphatic carbocycles. The predicted octanol–water partition coefficient (Wildman–Crippen LogP) is -0.0627. The van der Waals surface area contributed by atoms with E-state index in [4.69, 9.17) is 5.11 Å². The van der Waals surface area contributed by atoms with Crippen molar-refractivity contribution in [3.05, 3.63) is 0 Å². The molecule has 0 heterocycles. The van der Waals surface area contributed by atoms with Crippen molar-refractivity contribution in [2.75, 3.05) is 18.6 Å². The van der Waals surface area contributed by atoms with Crippen LogP contribution in [0.3, 0.4) is 0 Å². The van der Waals surface area contributed by atoms with Gasteiger partial charge in [-0.05, 0) is 13.2 Å². The van der Waals surface area contributed by atoms with Gasteiger partial charge in [0.2, 0.25) is 5.91 Å². The van der Waals surface area contributed by atoms with Gasteiger partial charge in [-0.2, -0.15) is 11.8 Å². The third-order valence-electron chi connectivity index (χ3n) is 1.93. The fraction of sp³-hybridized carbons (Fsp3) is 0.778. The lowest BCUT2D eigenvalue weighted by atomic mass is 10.1. The van der Waals surface area contributed by atoms with E-state index in [0.29, 0.717) is 5.75 Å². The summed E-state index contributed by atoms with van der Waals surface area (Å²) in [5.41, 5.74) is -1.91. The van der Waals surface area contributed by atoms with Crippen molar-refractivity contribution in [2.24, 2.45) is 5.92 Å². The van der Waals surface area contributed by atoms with Crippen molar-refractivity contribution in [3.8, 4) is 0 Å². The molecule has 1 amide bonds. The first-order valence-corrected chi connectivity index (χ1v) is 5.93. The third-order valence-corrected chi connectivity index (χ3v) is 2.77. The molecule has 15 heavy (non-hydrogen) atoms. The highest BCUT2D eigenvalue weighted by atomic mass is 32.2. The maximum Gasteiger partial charge on any atom is 0.337 e.